The SMILES string of the molecule is Cc1cc(/C(O)=C2/C(=O)C(=O)N(c3ccc(S(N)(=O)=O)cc3)C2c2cccs2)ccc1Br. The number of anilines is 1. The minimum Gasteiger partial charge on any atom is -0.507 e. The fraction of sp³-hybridized carbons (Fsp3) is 0.0909. The van der Waals surface area contributed by atoms with E-state index >= 15 is 0 Å². The van der Waals surface area contributed by atoms with Crippen LogP contribution in [0.2, 0.25) is 0 Å². The first-order chi connectivity index (χ1) is 15.1. The third-order valence-corrected chi connectivity index (χ3v) is 7.88. The van der Waals surface area contributed by atoms with Crippen molar-refractivity contribution < 1.29 is 23.1 Å². The molecule has 1 fully saturated rings. The van der Waals surface area contributed by atoms with E-state index in [1.165, 1.54) is 40.5 Å². The molecule has 164 valence electrons. The molecule has 1 aliphatic rings. The Kier molecular flexibility index (Phi) is 5.80. The number of Topliss-reactive ketones (excluding diaryl/α,β-unsaturated/α-hetero) is 1. The number of hydrogen-bond acceptors (Lipinski definition) is 6. The number of nitrogens with two attached hydrogens (primary N) is 1. The molecule has 1 atom stereocenters. The summed E-state index contributed by atoms with van der Waals surface area (Å²) < 4.78 is 24.0. The van der Waals surface area contributed by atoms with Gasteiger partial charge in [0.05, 0.1) is 10.5 Å². The normalized spacial score (nSPS) is 18.3. The molecule has 0 spiro atoms. The first-order valence-corrected chi connectivity index (χ1v) is 12.6. The van der Waals surface area contributed by atoms with Crippen LogP contribution in [0.3, 0.4) is 0 Å². The lowest BCUT2D eigenvalue weighted by Gasteiger charge is -2.24. The van der Waals surface area contributed by atoms with Gasteiger partial charge in [0.2, 0.25) is 10.0 Å². The van der Waals surface area contributed by atoms with Gasteiger partial charge >= 0.3 is 0 Å². The molecule has 10 heteroatoms. The number of amides is 1. The van der Waals surface area contributed by atoms with Gasteiger partial charge in [-0.3, -0.25) is 14.5 Å². The molecule has 0 aliphatic carbocycles. The lowest BCUT2D eigenvalue weighted by molar-refractivity contribution is -0.132. The Morgan fingerprint density at radius 2 is 1.81 bits per heavy atom. The van der Waals surface area contributed by atoms with E-state index < -0.39 is 27.8 Å². The topological polar surface area (TPSA) is 118 Å². The zero-order valence-electron chi connectivity index (χ0n) is 16.7. The molecule has 7 nitrogen and oxygen atoms in total. The van der Waals surface area contributed by atoms with Gasteiger partial charge in [-0.15, -0.1) is 11.3 Å². The van der Waals surface area contributed by atoms with E-state index in [1.54, 1.807) is 30.3 Å². The summed E-state index contributed by atoms with van der Waals surface area (Å²) in [5, 5.41) is 18.0. The van der Waals surface area contributed by atoms with E-state index in [0.29, 0.717) is 16.1 Å². The Bertz CT molecular complexity index is 1360. The maximum Gasteiger partial charge on any atom is 0.300 e. The second-order valence-corrected chi connectivity index (χ2v) is 10.6. The highest BCUT2D eigenvalue weighted by Crippen LogP contribution is 2.43. The summed E-state index contributed by atoms with van der Waals surface area (Å²) in [4.78, 5) is 27.9. The number of ketones is 1. The van der Waals surface area contributed by atoms with Crippen molar-refractivity contribution in [1.82, 2.24) is 0 Å². The summed E-state index contributed by atoms with van der Waals surface area (Å²) in [5.41, 5.74) is 1.54. The zero-order chi connectivity index (χ0) is 23.2. The molecule has 1 saturated heterocycles. The van der Waals surface area contributed by atoms with E-state index in [2.05, 4.69) is 15.9 Å². The summed E-state index contributed by atoms with van der Waals surface area (Å²) in [7, 11) is -3.91. The summed E-state index contributed by atoms with van der Waals surface area (Å²) >= 11 is 4.75. The van der Waals surface area contributed by atoms with Gasteiger partial charge in [-0.2, -0.15) is 0 Å². The summed E-state index contributed by atoms with van der Waals surface area (Å²) in [6.45, 7) is 1.85. The van der Waals surface area contributed by atoms with Gasteiger partial charge < -0.3 is 5.11 Å². The number of benzene rings is 2. The number of halogens is 1. The quantitative estimate of drug-likeness (QED) is 0.298. The number of rotatable bonds is 4. The van der Waals surface area contributed by atoms with E-state index in [0.717, 1.165) is 10.0 Å². The number of primary sulfonamides is 1. The van der Waals surface area contributed by atoms with Crippen LogP contribution in [0.1, 0.15) is 22.0 Å². The lowest BCUT2D eigenvalue weighted by Crippen LogP contribution is -2.29. The van der Waals surface area contributed by atoms with Crippen LogP contribution in [-0.4, -0.2) is 25.2 Å². The third-order valence-electron chi connectivity index (χ3n) is 5.13. The predicted octanol–water partition coefficient (Wildman–Crippen LogP) is 4.09. The highest BCUT2D eigenvalue weighted by Gasteiger charge is 2.47. The van der Waals surface area contributed by atoms with Crippen LogP contribution in [0, 0.1) is 6.92 Å². The van der Waals surface area contributed by atoms with Crippen molar-refractivity contribution >= 4 is 60.4 Å². The maximum atomic E-state index is 13.1. The number of carbonyl (C=O) groups is 2. The Hall–Kier alpha value is -2.79. The van der Waals surface area contributed by atoms with E-state index in [9.17, 15) is 23.1 Å². The average Bonchev–Trinajstić information content (AvgIpc) is 3.36. The van der Waals surface area contributed by atoms with Crippen molar-refractivity contribution in [3.05, 3.63) is 86.0 Å². The van der Waals surface area contributed by atoms with Crippen LogP contribution in [0.15, 0.2) is 74.9 Å². The molecule has 4 rings (SSSR count). The Morgan fingerprint density at radius 1 is 1.12 bits per heavy atom. The largest absolute Gasteiger partial charge is 0.507 e. The number of nitrogens with zero attached hydrogens (tertiary/aromatic N) is 1. The highest BCUT2D eigenvalue weighted by molar-refractivity contribution is 9.10. The highest BCUT2D eigenvalue weighted by atomic mass is 79.9. The van der Waals surface area contributed by atoms with Crippen LogP contribution in [0.4, 0.5) is 5.69 Å². The number of carbonyl (C=O) groups excluding carboxylic acids is 2. The molecule has 0 bridgehead atoms. The third kappa shape index (κ3) is 3.90. The van der Waals surface area contributed by atoms with Gasteiger partial charge in [-0.1, -0.05) is 28.1 Å². The van der Waals surface area contributed by atoms with Crippen LogP contribution in [0.25, 0.3) is 5.76 Å². The van der Waals surface area contributed by atoms with Gasteiger partial charge in [0.25, 0.3) is 11.7 Å². The Labute approximate surface area is 197 Å². The van der Waals surface area contributed by atoms with Crippen molar-refractivity contribution in [2.75, 3.05) is 4.90 Å². The van der Waals surface area contributed by atoms with E-state index in [-0.39, 0.29) is 16.2 Å². The van der Waals surface area contributed by atoms with E-state index in [1.807, 2.05) is 12.3 Å². The van der Waals surface area contributed by atoms with Crippen LogP contribution in [-0.2, 0) is 19.6 Å². The number of aryl methyl sites for hydroxylation is 1. The number of aliphatic hydroxyl groups excluding tert-OH is 1. The molecular weight excluding hydrogens is 516 g/mol. The summed E-state index contributed by atoms with van der Waals surface area (Å²) in [6.07, 6.45) is 0. The zero-order valence-corrected chi connectivity index (χ0v) is 19.9. The van der Waals surface area contributed by atoms with Crippen LogP contribution in [0.5, 0.6) is 0 Å². The van der Waals surface area contributed by atoms with Gasteiger partial charge in [-0.25, -0.2) is 13.6 Å². The molecule has 0 saturated carbocycles. The van der Waals surface area contributed by atoms with Gasteiger partial charge in [0, 0.05) is 20.6 Å². The van der Waals surface area contributed by atoms with Crippen molar-refractivity contribution in [3.63, 3.8) is 0 Å². The molecule has 3 N–H and O–H groups in total. The molecule has 0 radical (unpaired) electrons. The van der Waals surface area contributed by atoms with Crippen LogP contribution < -0.4 is 10.0 Å². The smallest absolute Gasteiger partial charge is 0.300 e. The van der Waals surface area contributed by atoms with Crippen molar-refractivity contribution in [3.8, 4) is 0 Å². The molecular formula is C22H17BrN2O5S2. The molecule has 1 aliphatic heterocycles. The molecule has 32 heavy (non-hydrogen) atoms. The van der Waals surface area contributed by atoms with Gasteiger partial charge in [0.15, 0.2) is 0 Å². The number of thiophene rings is 1. The first kappa shape index (κ1) is 22.4. The fourth-order valence-corrected chi connectivity index (χ4v) is 5.14. The molecule has 1 amide bonds. The van der Waals surface area contributed by atoms with Gasteiger partial charge in [-0.05, 0) is 60.3 Å². The van der Waals surface area contributed by atoms with Crippen molar-refractivity contribution in [2.45, 2.75) is 17.9 Å². The van der Waals surface area contributed by atoms with Crippen LogP contribution >= 0.6 is 27.3 Å². The number of aliphatic hydroxyl groups is 1. The number of sulfonamides is 1. The molecule has 3 aromatic rings. The van der Waals surface area contributed by atoms with E-state index in [4.69, 9.17) is 5.14 Å². The Morgan fingerprint density at radius 3 is 2.38 bits per heavy atom. The molecule has 1 unspecified atom stereocenters. The number of hydrogen-bond donors (Lipinski definition) is 2. The van der Waals surface area contributed by atoms with Gasteiger partial charge in [0.1, 0.15) is 11.8 Å². The Balaban J connectivity index is 1.89. The average molecular weight is 533 g/mol. The van der Waals surface area contributed by atoms with Crippen molar-refractivity contribution in [2.24, 2.45) is 5.14 Å². The monoisotopic (exact) mass is 532 g/mol. The minimum absolute atomic E-state index is 0.0327. The lowest BCUT2D eigenvalue weighted by atomic mass is 9.99. The fourth-order valence-electron chi connectivity index (χ4n) is 3.56. The van der Waals surface area contributed by atoms with Crippen molar-refractivity contribution in [1.29, 1.82) is 0 Å². The molecule has 2 aromatic carbocycles. The second kappa shape index (κ2) is 8.28. The summed E-state index contributed by atoms with van der Waals surface area (Å²) in [6, 6.07) is 13.2. The molecule has 1 aromatic heterocycles. The molecule has 2 heterocycles. The predicted molar refractivity (Wildman–Crippen MR) is 126 cm³/mol. The second-order valence-electron chi connectivity index (χ2n) is 7.19. The maximum absolute atomic E-state index is 13.1. The first-order valence-electron chi connectivity index (χ1n) is 9.33. The minimum atomic E-state index is -3.91. The summed E-state index contributed by atoms with van der Waals surface area (Å²) in [5.74, 6) is -1.92. The standard InChI is InChI=1S/C22H17BrN2O5S2/c1-12-11-13(4-9-16(12)23)20(26)18-19(17-3-2-10-31-17)25(22(28)21(18)27)14-5-7-15(8-6-14)32(24,29)30/h2-11,19,26H,1H3,(H2,24,29,30)/b20-18-.